The van der Waals surface area contributed by atoms with Gasteiger partial charge in [-0.05, 0) is 42.0 Å². The summed E-state index contributed by atoms with van der Waals surface area (Å²) in [4.78, 5) is 24.5. The van der Waals surface area contributed by atoms with E-state index in [1.165, 1.54) is 0 Å². The van der Waals surface area contributed by atoms with Crippen LogP contribution in [0.3, 0.4) is 0 Å². The molecule has 0 aliphatic rings. The molecule has 7 heteroatoms. The number of carbonyl (C=O) groups is 2. The van der Waals surface area contributed by atoms with Crippen LogP contribution in [0, 0.1) is 0 Å². The highest BCUT2D eigenvalue weighted by molar-refractivity contribution is 6.42. The van der Waals surface area contributed by atoms with E-state index in [0.717, 1.165) is 5.56 Å². The van der Waals surface area contributed by atoms with Crippen LogP contribution in [0.25, 0.3) is 0 Å². The summed E-state index contributed by atoms with van der Waals surface area (Å²) >= 11 is 11.8. The van der Waals surface area contributed by atoms with E-state index in [-0.39, 0.29) is 18.4 Å². The molecule has 0 bridgehead atoms. The Hall–Kier alpha value is -3.02. The summed E-state index contributed by atoms with van der Waals surface area (Å²) in [5, 5.41) is 9.41. The summed E-state index contributed by atoms with van der Waals surface area (Å²) in [7, 11) is 0. The van der Waals surface area contributed by atoms with Gasteiger partial charge in [-0.25, -0.2) is 0 Å². The quantitative estimate of drug-likeness (QED) is 0.498. The van der Waals surface area contributed by atoms with E-state index < -0.39 is 0 Å². The van der Waals surface area contributed by atoms with Gasteiger partial charge in [-0.2, -0.15) is 0 Å². The second-order valence-corrected chi connectivity index (χ2v) is 7.09. The minimum atomic E-state index is -0.248. The molecule has 0 aliphatic heterocycles. The predicted octanol–water partition coefficient (Wildman–Crippen LogP) is 4.97. The van der Waals surface area contributed by atoms with Crippen molar-refractivity contribution in [1.29, 1.82) is 0 Å². The molecule has 2 amide bonds. The smallest absolute Gasteiger partial charge is 0.251 e. The largest absolute Gasteiger partial charge is 0.376 e. The lowest BCUT2D eigenvalue weighted by molar-refractivity contribution is -0.114. The van der Waals surface area contributed by atoms with Gasteiger partial charge in [0, 0.05) is 23.5 Å². The van der Waals surface area contributed by atoms with Gasteiger partial charge in [0.25, 0.3) is 5.91 Å². The topological polar surface area (TPSA) is 70.2 Å². The molecular formula is C22H19Cl2N3O2. The van der Waals surface area contributed by atoms with Crippen molar-refractivity contribution in [1.82, 2.24) is 5.32 Å². The van der Waals surface area contributed by atoms with Gasteiger partial charge >= 0.3 is 0 Å². The molecule has 148 valence electrons. The van der Waals surface area contributed by atoms with E-state index >= 15 is 0 Å². The van der Waals surface area contributed by atoms with Gasteiger partial charge in [0.05, 0.1) is 16.6 Å². The lowest BCUT2D eigenvalue weighted by Crippen LogP contribution is -2.23. The Morgan fingerprint density at radius 1 is 0.793 bits per heavy atom. The molecular weight excluding hydrogens is 409 g/mol. The third kappa shape index (κ3) is 6.24. The predicted molar refractivity (Wildman–Crippen MR) is 118 cm³/mol. The van der Waals surface area contributed by atoms with E-state index in [1.54, 1.807) is 42.5 Å². The number of benzene rings is 3. The first-order valence-electron chi connectivity index (χ1n) is 8.92. The van der Waals surface area contributed by atoms with Crippen molar-refractivity contribution in [3.8, 4) is 0 Å². The van der Waals surface area contributed by atoms with Crippen LogP contribution in [-0.2, 0) is 11.3 Å². The molecule has 0 atom stereocenters. The van der Waals surface area contributed by atoms with Gasteiger partial charge in [-0.15, -0.1) is 0 Å². The average Bonchev–Trinajstić information content (AvgIpc) is 2.74. The van der Waals surface area contributed by atoms with E-state index in [0.29, 0.717) is 33.5 Å². The number of hydrogen-bond acceptors (Lipinski definition) is 3. The number of rotatable bonds is 7. The molecule has 0 radical (unpaired) electrons. The van der Waals surface area contributed by atoms with Gasteiger partial charge in [0.15, 0.2) is 0 Å². The molecule has 3 aromatic carbocycles. The number of amides is 2. The first-order chi connectivity index (χ1) is 14.0. The molecule has 0 heterocycles. The molecule has 3 N–H and O–H groups in total. The average molecular weight is 428 g/mol. The highest BCUT2D eigenvalue weighted by atomic mass is 35.5. The maximum absolute atomic E-state index is 12.4. The third-order valence-corrected chi connectivity index (χ3v) is 4.82. The molecule has 29 heavy (non-hydrogen) atoms. The summed E-state index contributed by atoms with van der Waals surface area (Å²) in [6, 6.07) is 21.5. The second kappa shape index (κ2) is 9.96. The van der Waals surface area contributed by atoms with Crippen LogP contribution >= 0.6 is 23.2 Å². The van der Waals surface area contributed by atoms with Gasteiger partial charge in [0.2, 0.25) is 5.91 Å². The molecule has 0 fully saturated rings. The normalized spacial score (nSPS) is 10.3. The standard InChI is InChI=1S/C22H19Cl2N3O2/c23-19-10-9-18(12-20(19)24)27-21(28)14-25-17-8-4-7-16(11-17)22(29)26-13-15-5-2-1-3-6-15/h1-12,25H,13-14H2,(H,26,29)(H,27,28). The summed E-state index contributed by atoms with van der Waals surface area (Å²) in [6.45, 7) is 0.485. The van der Waals surface area contributed by atoms with Crippen molar-refractivity contribution in [3.63, 3.8) is 0 Å². The Morgan fingerprint density at radius 2 is 1.59 bits per heavy atom. The fourth-order valence-electron chi connectivity index (χ4n) is 2.61. The van der Waals surface area contributed by atoms with Crippen molar-refractivity contribution < 1.29 is 9.59 Å². The van der Waals surface area contributed by atoms with E-state index in [9.17, 15) is 9.59 Å². The molecule has 3 rings (SSSR count). The Kier molecular flexibility index (Phi) is 7.11. The van der Waals surface area contributed by atoms with Crippen LogP contribution in [0.5, 0.6) is 0 Å². The Morgan fingerprint density at radius 3 is 2.34 bits per heavy atom. The van der Waals surface area contributed by atoms with Gasteiger partial charge < -0.3 is 16.0 Å². The molecule has 0 spiro atoms. The van der Waals surface area contributed by atoms with Crippen LogP contribution in [0.1, 0.15) is 15.9 Å². The first kappa shape index (κ1) is 20.7. The van der Waals surface area contributed by atoms with Crippen LogP contribution in [0.2, 0.25) is 10.0 Å². The Labute approximate surface area is 179 Å². The zero-order valence-corrected chi connectivity index (χ0v) is 16.9. The van der Waals surface area contributed by atoms with E-state index in [1.807, 2.05) is 30.3 Å². The highest BCUT2D eigenvalue weighted by Crippen LogP contribution is 2.24. The summed E-state index contributed by atoms with van der Waals surface area (Å²) < 4.78 is 0. The molecule has 0 aliphatic carbocycles. The molecule has 0 saturated heterocycles. The maximum Gasteiger partial charge on any atom is 0.251 e. The Balaban J connectivity index is 1.53. The molecule has 5 nitrogen and oxygen atoms in total. The van der Waals surface area contributed by atoms with Crippen molar-refractivity contribution in [2.75, 3.05) is 17.2 Å². The summed E-state index contributed by atoms with van der Waals surface area (Å²) in [6.07, 6.45) is 0. The second-order valence-electron chi connectivity index (χ2n) is 6.28. The highest BCUT2D eigenvalue weighted by Gasteiger charge is 2.08. The van der Waals surface area contributed by atoms with Gasteiger partial charge in [0.1, 0.15) is 0 Å². The fourth-order valence-corrected chi connectivity index (χ4v) is 2.91. The van der Waals surface area contributed by atoms with Crippen LogP contribution in [0.15, 0.2) is 72.8 Å². The summed E-state index contributed by atoms with van der Waals surface area (Å²) in [5.74, 6) is -0.430. The number of hydrogen-bond donors (Lipinski definition) is 3. The van der Waals surface area contributed by atoms with Crippen molar-refractivity contribution in [2.45, 2.75) is 6.54 Å². The number of halogens is 2. The molecule has 0 unspecified atom stereocenters. The zero-order valence-electron chi connectivity index (χ0n) is 15.4. The number of carbonyl (C=O) groups excluding carboxylic acids is 2. The molecule has 0 saturated carbocycles. The van der Waals surface area contributed by atoms with Crippen LogP contribution < -0.4 is 16.0 Å². The number of nitrogens with one attached hydrogen (secondary N) is 3. The van der Waals surface area contributed by atoms with Crippen molar-refractivity contribution >= 4 is 46.4 Å². The van der Waals surface area contributed by atoms with Crippen LogP contribution in [-0.4, -0.2) is 18.4 Å². The Bertz CT molecular complexity index is 1010. The fraction of sp³-hybridized carbons (Fsp3) is 0.0909. The van der Waals surface area contributed by atoms with E-state index in [4.69, 9.17) is 23.2 Å². The van der Waals surface area contributed by atoms with Gasteiger partial charge in [-0.1, -0.05) is 59.6 Å². The minimum Gasteiger partial charge on any atom is -0.376 e. The van der Waals surface area contributed by atoms with Gasteiger partial charge in [-0.3, -0.25) is 9.59 Å². The zero-order chi connectivity index (χ0) is 20.6. The summed E-state index contributed by atoms with van der Waals surface area (Å²) in [5.41, 5.74) is 2.76. The lowest BCUT2D eigenvalue weighted by atomic mass is 10.1. The first-order valence-corrected chi connectivity index (χ1v) is 9.68. The van der Waals surface area contributed by atoms with Crippen molar-refractivity contribution in [3.05, 3.63) is 94.0 Å². The SMILES string of the molecule is O=C(CNc1cccc(C(=O)NCc2ccccc2)c1)Nc1ccc(Cl)c(Cl)c1. The third-order valence-electron chi connectivity index (χ3n) is 4.08. The molecule has 0 aromatic heterocycles. The maximum atomic E-state index is 12.4. The lowest BCUT2D eigenvalue weighted by Gasteiger charge is -2.10. The minimum absolute atomic E-state index is 0.0370. The van der Waals surface area contributed by atoms with Crippen molar-refractivity contribution in [2.24, 2.45) is 0 Å². The monoisotopic (exact) mass is 427 g/mol. The molecule has 3 aromatic rings. The van der Waals surface area contributed by atoms with E-state index in [2.05, 4.69) is 16.0 Å². The number of anilines is 2. The van der Waals surface area contributed by atoms with Crippen LogP contribution in [0.4, 0.5) is 11.4 Å².